The SMILES string of the molecule is CCc1cc(-c2ccc(-c3c(C)cc(C=O)cc3CC)s2)cc(C)c1C(=O)O. The summed E-state index contributed by atoms with van der Waals surface area (Å²) in [5.74, 6) is -0.869. The molecule has 0 aliphatic rings. The predicted molar refractivity (Wildman–Crippen MR) is 116 cm³/mol. The molecule has 0 atom stereocenters. The Balaban J connectivity index is 2.10. The van der Waals surface area contributed by atoms with Crippen LogP contribution in [0.3, 0.4) is 0 Å². The second kappa shape index (κ2) is 8.11. The van der Waals surface area contributed by atoms with Crippen LogP contribution in [0.25, 0.3) is 20.9 Å². The minimum atomic E-state index is -0.869. The van der Waals surface area contributed by atoms with E-state index in [9.17, 15) is 14.7 Å². The maximum Gasteiger partial charge on any atom is 0.336 e. The zero-order valence-corrected chi connectivity index (χ0v) is 17.4. The van der Waals surface area contributed by atoms with E-state index in [1.807, 2.05) is 45.0 Å². The maximum atomic E-state index is 11.6. The minimum Gasteiger partial charge on any atom is -0.478 e. The lowest BCUT2D eigenvalue weighted by Crippen LogP contribution is -2.05. The highest BCUT2D eigenvalue weighted by Crippen LogP contribution is 2.39. The van der Waals surface area contributed by atoms with Crippen molar-refractivity contribution >= 4 is 23.6 Å². The van der Waals surface area contributed by atoms with Gasteiger partial charge in [0.25, 0.3) is 0 Å². The topological polar surface area (TPSA) is 54.4 Å². The van der Waals surface area contributed by atoms with Gasteiger partial charge in [0.2, 0.25) is 0 Å². The van der Waals surface area contributed by atoms with Crippen LogP contribution < -0.4 is 0 Å². The van der Waals surface area contributed by atoms with Gasteiger partial charge < -0.3 is 5.11 Å². The molecule has 28 heavy (non-hydrogen) atoms. The summed E-state index contributed by atoms with van der Waals surface area (Å²) in [6.07, 6.45) is 2.44. The highest BCUT2D eigenvalue weighted by Gasteiger charge is 2.16. The lowest BCUT2D eigenvalue weighted by atomic mass is 9.95. The molecule has 1 heterocycles. The summed E-state index contributed by atoms with van der Waals surface area (Å²) in [4.78, 5) is 25.1. The first-order valence-electron chi connectivity index (χ1n) is 9.45. The summed E-state index contributed by atoms with van der Waals surface area (Å²) < 4.78 is 0. The Morgan fingerprint density at radius 3 is 2.25 bits per heavy atom. The van der Waals surface area contributed by atoms with Crippen molar-refractivity contribution in [1.82, 2.24) is 0 Å². The molecule has 0 fully saturated rings. The molecule has 0 amide bonds. The van der Waals surface area contributed by atoms with Gasteiger partial charge in [-0.15, -0.1) is 11.3 Å². The Morgan fingerprint density at radius 2 is 1.64 bits per heavy atom. The lowest BCUT2D eigenvalue weighted by Gasteiger charge is -2.12. The molecular formula is C24H24O3S. The van der Waals surface area contributed by atoms with Crippen molar-refractivity contribution in [2.75, 3.05) is 0 Å². The Morgan fingerprint density at radius 1 is 0.964 bits per heavy atom. The van der Waals surface area contributed by atoms with Crippen LogP contribution in [-0.4, -0.2) is 17.4 Å². The Labute approximate surface area is 169 Å². The number of benzene rings is 2. The van der Waals surface area contributed by atoms with Crippen molar-refractivity contribution in [2.24, 2.45) is 0 Å². The number of aryl methyl sites for hydroxylation is 4. The number of rotatable bonds is 6. The van der Waals surface area contributed by atoms with Crippen LogP contribution >= 0.6 is 11.3 Å². The number of hydrogen-bond donors (Lipinski definition) is 1. The van der Waals surface area contributed by atoms with Gasteiger partial charge >= 0.3 is 5.97 Å². The first-order chi connectivity index (χ1) is 13.4. The van der Waals surface area contributed by atoms with Gasteiger partial charge in [0, 0.05) is 15.3 Å². The molecule has 0 aliphatic heterocycles. The van der Waals surface area contributed by atoms with Crippen LogP contribution in [0.4, 0.5) is 0 Å². The van der Waals surface area contributed by atoms with E-state index >= 15 is 0 Å². The number of carboxylic acids is 1. The zero-order valence-electron chi connectivity index (χ0n) is 16.6. The molecule has 1 aromatic heterocycles. The molecule has 1 N–H and O–H groups in total. The van der Waals surface area contributed by atoms with E-state index in [-0.39, 0.29) is 0 Å². The summed E-state index contributed by atoms with van der Waals surface area (Å²) in [6.45, 7) is 7.99. The van der Waals surface area contributed by atoms with Gasteiger partial charge in [-0.25, -0.2) is 4.79 Å². The van der Waals surface area contributed by atoms with Crippen molar-refractivity contribution in [2.45, 2.75) is 40.5 Å². The van der Waals surface area contributed by atoms with Crippen molar-refractivity contribution in [3.63, 3.8) is 0 Å². The molecule has 0 aliphatic carbocycles. The van der Waals surface area contributed by atoms with Crippen molar-refractivity contribution in [3.8, 4) is 20.9 Å². The third kappa shape index (κ3) is 3.65. The smallest absolute Gasteiger partial charge is 0.336 e. The molecule has 0 saturated heterocycles. The summed E-state index contributed by atoms with van der Waals surface area (Å²) in [5, 5.41) is 9.50. The molecule has 3 aromatic rings. The molecule has 0 spiro atoms. The van der Waals surface area contributed by atoms with Gasteiger partial charge in [-0.1, -0.05) is 13.8 Å². The zero-order chi connectivity index (χ0) is 20.4. The Bertz CT molecular complexity index is 1060. The third-order valence-electron chi connectivity index (χ3n) is 5.11. The number of aromatic carboxylic acids is 1. The summed E-state index contributed by atoms with van der Waals surface area (Å²) in [6, 6.07) is 12.1. The molecule has 0 radical (unpaired) electrons. The number of hydrogen-bond acceptors (Lipinski definition) is 3. The van der Waals surface area contributed by atoms with Gasteiger partial charge in [-0.3, -0.25) is 4.79 Å². The van der Waals surface area contributed by atoms with Gasteiger partial charge in [0.15, 0.2) is 0 Å². The standard InChI is InChI=1S/C24H24O3S/c1-5-17-11-16(13-25)9-14(3)22(17)21-8-7-20(28-21)19-10-15(4)23(24(26)27)18(6-2)12-19/h7-13H,5-6H2,1-4H3,(H,26,27). The lowest BCUT2D eigenvalue weighted by molar-refractivity contribution is 0.0695. The molecule has 3 nitrogen and oxygen atoms in total. The van der Waals surface area contributed by atoms with Gasteiger partial charge in [0.05, 0.1) is 5.56 Å². The summed E-state index contributed by atoms with van der Waals surface area (Å²) in [7, 11) is 0. The largest absolute Gasteiger partial charge is 0.478 e. The molecule has 2 aromatic carbocycles. The van der Waals surface area contributed by atoms with Gasteiger partial charge in [0.1, 0.15) is 6.29 Å². The first-order valence-corrected chi connectivity index (χ1v) is 10.3. The average molecular weight is 393 g/mol. The third-order valence-corrected chi connectivity index (χ3v) is 6.26. The highest BCUT2D eigenvalue weighted by atomic mass is 32.1. The maximum absolute atomic E-state index is 11.6. The van der Waals surface area contributed by atoms with E-state index in [1.165, 1.54) is 16.0 Å². The molecule has 4 heteroatoms. The number of carbonyl (C=O) groups is 2. The predicted octanol–water partition coefficient (Wildman–Crippen LogP) is 6.33. The van der Waals surface area contributed by atoms with Crippen LogP contribution in [-0.2, 0) is 12.8 Å². The molecule has 144 valence electrons. The number of carboxylic acid groups (broad SMARTS) is 1. The van der Waals surface area contributed by atoms with E-state index in [0.29, 0.717) is 17.5 Å². The minimum absolute atomic E-state index is 0.414. The molecule has 0 saturated carbocycles. The fourth-order valence-electron chi connectivity index (χ4n) is 3.80. The van der Waals surface area contributed by atoms with Crippen molar-refractivity contribution in [1.29, 1.82) is 0 Å². The van der Waals surface area contributed by atoms with Crippen LogP contribution in [0.2, 0.25) is 0 Å². The quantitative estimate of drug-likeness (QED) is 0.498. The van der Waals surface area contributed by atoms with Crippen molar-refractivity contribution < 1.29 is 14.7 Å². The van der Waals surface area contributed by atoms with E-state index in [0.717, 1.165) is 39.8 Å². The van der Waals surface area contributed by atoms with Crippen LogP contribution in [0.15, 0.2) is 36.4 Å². The molecule has 3 rings (SSSR count). The fraction of sp³-hybridized carbons (Fsp3) is 0.250. The first kappa shape index (κ1) is 20.0. The van der Waals surface area contributed by atoms with E-state index in [2.05, 4.69) is 19.1 Å². The molecule has 0 unspecified atom stereocenters. The number of thiophene rings is 1. The monoisotopic (exact) mass is 392 g/mol. The normalized spacial score (nSPS) is 10.9. The fourth-order valence-corrected chi connectivity index (χ4v) is 4.94. The van der Waals surface area contributed by atoms with Crippen LogP contribution in [0.5, 0.6) is 0 Å². The number of carbonyl (C=O) groups excluding carboxylic acids is 1. The van der Waals surface area contributed by atoms with E-state index in [1.54, 1.807) is 11.3 Å². The highest BCUT2D eigenvalue weighted by molar-refractivity contribution is 7.18. The summed E-state index contributed by atoms with van der Waals surface area (Å²) >= 11 is 1.70. The molecule has 0 bridgehead atoms. The Hall–Kier alpha value is -2.72. The van der Waals surface area contributed by atoms with Crippen molar-refractivity contribution in [3.05, 3.63) is 69.8 Å². The van der Waals surface area contributed by atoms with E-state index < -0.39 is 5.97 Å². The summed E-state index contributed by atoms with van der Waals surface area (Å²) in [5.41, 5.74) is 7.29. The average Bonchev–Trinajstić information content (AvgIpc) is 3.15. The second-order valence-electron chi connectivity index (χ2n) is 6.99. The van der Waals surface area contributed by atoms with E-state index in [4.69, 9.17) is 0 Å². The van der Waals surface area contributed by atoms with Gasteiger partial charge in [-0.2, -0.15) is 0 Å². The Kier molecular flexibility index (Phi) is 5.80. The van der Waals surface area contributed by atoms with Crippen LogP contribution in [0.1, 0.15) is 56.8 Å². The number of aldehydes is 1. The molecular weight excluding hydrogens is 368 g/mol. The van der Waals surface area contributed by atoms with Crippen LogP contribution in [0, 0.1) is 13.8 Å². The second-order valence-corrected chi connectivity index (χ2v) is 8.08. The van der Waals surface area contributed by atoms with Gasteiger partial charge in [-0.05, 0) is 96.5 Å².